The number of aliphatic hydroxyl groups excluding tert-OH is 1. The number of rotatable bonds is 2. The monoisotopic (exact) mass is 147 g/mol. The van der Waals surface area contributed by atoms with Gasteiger partial charge in [0.15, 0.2) is 0 Å². The molecule has 0 aliphatic heterocycles. The van der Waals surface area contributed by atoms with E-state index in [-0.39, 0.29) is 0 Å². The van der Waals surface area contributed by atoms with Crippen LogP contribution in [0.5, 0.6) is 0 Å². The van der Waals surface area contributed by atoms with Crippen molar-refractivity contribution in [2.24, 2.45) is 5.73 Å². The second-order valence-corrected chi connectivity index (χ2v) is 2.08. The van der Waals surface area contributed by atoms with E-state index in [0.717, 1.165) is 0 Å². The lowest BCUT2D eigenvalue weighted by molar-refractivity contribution is -0.125. The van der Waals surface area contributed by atoms with Gasteiger partial charge < -0.3 is 10.8 Å². The Morgan fingerprint density at radius 3 is 1.70 bits per heavy atom. The molecule has 0 saturated carbocycles. The first kappa shape index (κ1) is 12.1. The molecule has 0 heterocycles. The molecule has 0 aromatic carbocycles. The average Bonchev–Trinajstić information content (AvgIpc) is 1.89. The van der Waals surface area contributed by atoms with Gasteiger partial charge in [0, 0.05) is 0 Å². The molecule has 0 radical (unpaired) electrons. The van der Waals surface area contributed by atoms with Crippen LogP contribution in [0.15, 0.2) is 0 Å². The van der Waals surface area contributed by atoms with Crippen LogP contribution in [0.25, 0.3) is 0 Å². The van der Waals surface area contributed by atoms with Gasteiger partial charge in [0.25, 0.3) is 0 Å². The van der Waals surface area contributed by atoms with Crippen LogP contribution in [0, 0.1) is 0 Å². The Morgan fingerprint density at radius 1 is 1.50 bits per heavy atom. The molecule has 1 atom stereocenters. The zero-order valence-electron chi connectivity index (χ0n) is 6.92. The Bertz CT molecular complexity index is 79.7. The fourth-order valence-corrected chi connectivity index (χ4v) is 0. The maximum Gasteiger partial charge on any atom is 0.245 e. The third-order valence-corrected chi connectivity index (χ3v) is 0.912. The third kappa shape index (κ3) is 15.7. The van der Waals surface area contributed by atoms with Crippen molar-refractivity contribution < 1.29 is 9.90 Å². The zero-order chi connectivity index (χ0) is 8.57. The summed E-state index contributed by atoms with van der Waals surface area (Å²) < 4.78 is 0. The maximum absolute atomic E-state index is 9.67. The largest absolute Gasteiger partial charge is 0.384 e. The van der Waals surface area contributed by atoms with Gasteiger partial charge in [0.1, 0.15) is 6.10 Å². The summed E-state index contributed by atoms with van der Waals surface area (Å²) in [6.07, 6.45) is 1.63. The number of hydrogen-bond donors (Lipinski definition) is 2. The molecule has 0 aromatic rings. The second kappa shape index (κ2) is 8.43. The molecule has 0 saturated heterocycles. The highest BCUT2D eigenvalue weighted by molar-refractivity contribution is 5.77. The minimum Gasteiger partial charge on any atom is -0.384 e. The quantitative estimate of drug-likeness (QED) is 0.602. The van der Waals surface area contributed by atoms with Crippen LogP contribution in [-0.2, 0) is 4.79 Å². The van der Waals surface area contributed by atoms with Gasteiger partial charge in [-0.15, -0.1) is 0 Å². The molecule has 3 N–H and O–H groups in total. The van der Waals surface area contributed by atoms with Crippen molar-refractivity contribution in [1.82, 2.24) is 0 Å². The highest BCUT2D eigenvalue weighted by Crippen LogP contribution is 1.76. The Hall–Kier alpha value is -0.570. The van der Waals surface area contributed by atoms with Gasteiger partial charge in [-0.05, 0) is 6.92 Å². The highest BCUT2D eigenvalue weighted by Gasteiger charge is 1.98. The Kier molecular flexibility index (Phi) is 10.2. The number of unbranched alkanes of at least 4 members (excludes halogenated alkanes) is 1. The van der Waals surface area contributed by atoms with Crippen molar-refractivity contribution >= 4 is 5.91 Å². The molecule has 1 amide bonds. The summed E-state index contributed by atoms with van der Waals surface area (Å²) >= 11 is 0. The topological polar surface area (TPSA) is 63.3 Å². The minimum absolute atomic E-state index is 0.685. The van der Waals surface area contributed by atoms with Crippen LogP contribution in [-0.4, -0.2) is 17.1 Å². The van der Waals surface area contributed by atoms with Crippen LogP contribution in [0.3, 0.4) is 0 Å². The van der Waals surface area contributed by atoms with Crippen LogP contribution < -0.4 is 5.73 Å². The zero-order valence-corrected chi connectivity index (χ0v) is 6.92. The molecule has 0 rings (SSSR count). The molecule has 0 aliphatic rings. The summed E-state index contributed by atoms with van der Waals surface area (Å²) in [5, 5.41) is 8.16. The summed E-state index contributed by atoms with van der Waals surface area (Å²) in [5.41, 5.74) is 4.55. The van der Waals surface area contributed by atoms with Crippen molar-refractivity contribution in [3.8, 4) is 0 Å². The molecule has 3 nitrogen and oxygen atoms in total. The SMILES string of the molecule is CC(O)C(N)=O.CCCC. The summed E-state index contributed by atoms with van der Waals surface area (Å²) in [5.74, 6) is -0.685. The fourth-order valence-electron chi connectivity index (χ4n) is 0. The second-order valence-electron chi connectivity index (χ2n) is 2.08. The van der Waals surface area contributed by atoms with Crippen molar-refractivity contribution in [3.63, 3.8) is 0 Å². The summed E-state index contributed by atoms with van der Waals surface area (Å²) in [4.78, 5) is 9.67. The minimum atomic E-state index is -1.01. The van der Waals surface area contributed by atoms with E-state index in [9.17, 15) is 4.79 Å². The number of carbonyl (C=O) groups is 1. The number of aliphatic hydroxyl groups is 1. The van der Waals surface area contributed by atoms with E-state index in [2.05, 4.69) is 19.6 Å². The first-order chi connectivity index (χ1) is 4.56. The lowest BCUT2D eigenvalue weighted by Gasteiger charge is -1.90. The third-order valence-electron chi connectivity index (χ3n) is 0.912. The molecule has 0 bridgehead atoms. The van der Waals surface area contributed by atoms with Crippen LogP contribution in [0.2, 0.25) is 0 Å². The molecule has 1 unspecified atom stereocenters. The van der Waals surface area contributed by atoms with E-state index in [1.807, 2.05) is 0 Å². The number of amides is 1. The summed E-state index contributed by atoms with van der Waals surface area (Å²) in [6, 6.07) is 0. The van der Waals surface area contributed by atoms with Crippen LogP contribution in [0.4, 0.5) is 0 Å². The van der Waals surface area contributed by atoms with E-state index in [0.29, 0.717) is 0 Å². The first-order valence-electron chi connectivity index (χ1n) is 3.53. The Morgan fingerprint density at radius 2 is 1.70 bits per heavy atom. The molecule has 0 fully saturated rings. The predicted molar refractivity (Wildman–Crippen MR) is 41.5 cm³/mol. The predicted octanol–water partition coefficient (Wildman–Crippen LogP) is 0.659. The number of carbonyl (C=O) groups excluding carboxylic acids is 1. The van der Waals surface area contributed by atoms with Gasteiger partial charge in [0.05, 0.1) is 0 Å². The van der Waals surface area contributed by atoms with E-state index >= 15 is 0 Å². The van der Waals surface area contributed by atoms with E-state index in [1.165, 1.54) is 19.8 Å². The Balaban J connectivity index is 0. The molecule has 0 aromatic heterocycles. The van der Waals surface area contributed by atoms with Crippen molar-refractivity contribution in [1.29, 1.82) is 0 Å². The highest BCUT2D eigenvalue weighted by atomic mass is 16.3. The van der Waals surface area contributed by atoms with Crippen LogP contribution in [0.1, 0.15) is 33.6 Å². The molecule has 0 spiro atoms. The van der Waals surface area contributed by atoms with E-state index in [1.54, 1.807) is 0 Å². The normalized spacial score (nSPS) is 11.2. The van der Waals surface area contributed by atoms with Crippen molar-refractivity contribution in [2.75, 3.05) is 0 Å². The van der Waals surface area contributed by atoms with Gasteiger partial charge in [-0.3, -0.25) is 4.79 Å². The standard InChI is InChI=1S/C4H10.C3H7NO2/c1-3-4-2;1-2(5)3(4)6/h3-4H2,1-2H3;2,5H,1H3,(H2,4,6). The molecular formula is C7H17NO2. The lowest BCUT2D eigenvalue weighted by atomic mass is 10.4. The van der Waals surface area contributed by atoms with Crippen molar-refractivity contribution in [3.05, 3.63) is 0 Å². The molecule has 10 heavy (non-hydrogen) atoms. The van der Waals surface area contributed by atoms with E-state index < -0.39 is 12.0 Å². The van der Waals surface area contributed by atoms with E-state index in [4.69, 9.17) is 5.11 Å². The summed E-state index contributed by atoms with van der Waals surface area (Å²) in [6.45, 7) is 5.68. The van der Waals surface area contributed by atoms with Gasteiger partial charge in [-0.1, -0.05) is 26.7 Å². The van der Waals surface area contributed by atoms with Crippen molar-refractivity contribution in [2.45, 2.75) is 39.7 Å². The van der Waals surface area contributed by atoms with Gasteiger partial charge in [-0.2, -0.15) is 0 Å². The first-order valence-corrected chi connectivity index (χ1v) is 3.53. The van der Waals surface area contributed by atoms with Gasteiger partial charge in [-0.25, -0.2) is 0 Å². The van der Waals surface area contributed by atoms with Crippen LogP contribution >= 0.6 is 0 Å². The fraction of sp³-hybridized carbons (Fsp3) is 0.857. The molecule has 0 aliphatic carbocycles. The maximum atomic E-state index is 9.67. The smallest absolute Gasteiger partial charge is 0.245 e. The number of primary amides is 1. The Labute approximate surface area is 62.2 Å². The molecule has 3 heteroatoms. The number of hydrogen-bond acceptors (Lipinski definition) is 2. The van der Waals surface area contributed by atoms with Gasteiger partial charge >= 0.3 is 0 Å². The van der Waals surface area contributed by atoms with Gasteiger partial charge in [0.2, 0.25) is 5.91 Å². The molecule has 62 valence electrons. The number of nitrogens with two attached hydrogens (primary N) is 1. The summed E-state index contributed by atoms with van der Waals surface area (Å²) in [7, 11) is 0. The molecular weight excluding hydrogens is 130 g/mol. The average molecular weight is 147 g/mol. The lowest BCUT2D eigenvalue weighted by Crippen LogP contribution is -2.24.